The van der Waals surface area contributed by atoms with Crippen molar-refractivity contribution in [2.75, 3.05) is 5.32 Å². The summed E-state index contributed by atoms with van der Waals surface area (Å²) in [4.78, 5) is 15.7. The predicted octanol–water partition coefficient (Wildman–Crippen LogP) is 5.52. The monoisotopic (exact) mass is 368 g/mol. The number of para-hydroxylation sites is 1. The van der Waals surface area contributed by atoms with Crippen LogP contribution in [0.3, 0.4) is 0 Å². The van der Waals surface area contributed by atoms with Crippen LogP contribution in [-0.2, 0) is 6.54 Å². The van der Waals surface area contributed by atoms with Crippen molar-refractivity contribution in [3.05, 3.63) is 95.7 Å². The fraction of sp³-hybridized carbons (Fsp3) is 0.0833. The molecule has 0 fully saturated rings. The Kier molecular flexibility index (Phi) is 4.77. The van der Waals surface area contributed by atoms with Crippen LogP contribution in [-0.4, -0.2) is 16.1 Å². The molecule has 1 heterocycles. The molecule has 4 heteroatoms. The minimum absolute atomic E-state index is 0.295. The Balaban J connectivity index is 1.53. The first-order chi connectivity index (χ1) is 13.6. The van der Waals surface area contributed by atoms with E-state index in [1.807, 2.05) is 43.3 Å². The third kappa shape index (κ3) is 3.71. The Labute approximate surface area is 163 Å². The number of carbonyl (C=O) groups is 1. The molecule has 0 saturated carbocycles. The van der Waals surface area contributed by atoms with Crippen molar-refractivity contribution in [1.82, 2.24) is 4.98 Å². The number of benzene rings is 3. The van der Waals surface area contributed by atoms with Crippen LogP contribution in [0.4, 0.5) is 5.69 Å². The fourth-order valence-electron chi connectivity index (χ4n) is 3.30. The molecule has 4 rings (SSSR count). The van der Waals surface area contributed by atoms with E-state index in [0.717, 1.165) is 39.0 Å². The normalized spacial score (nSPS) is 10.8. The summed E-state index contributed by atoms with van der Waals surface area (Å²) in [6, 6.07) is 25.3. The molecule has 0 unspecified atom stereocenters. The molecular formula is C24H20N2O2. The highest BCUT2D eigenvalue weighted by Gasteiger charge is 2.06. The van der Waals surface area contributed by atoms with E-state index in [1.54, 1.807) is 18.2 Å². The number of pyridine rings is 1. The zero-order valence-electron chi connectivity index (χ0n) is 15.5. The van der Waals surface area contributed by atoms with Crippen molar-refractivity contribution in [2.45, 2.75) is 13.5 Å². The standard InChI is InChI=1S/C24H20N2O2/c1-16-13-23(21-7-2-3-8-22(21)26-16)25-15-17-9-11-18(12-10-17)19-5-4-6-20(14-19)24(27)28/h2-14H,15H2,1H3,(H,25,26)(H,27,28). The van der Waals surface area contributed by atoms with Crippen molar-refractivity contribution >= 4 is 22.6 Å². The molecule has 0 spiro atoms. The third-order valence-electron chi connectivity index (χ3n) is 4.72. The second kappa shape index (κ2) is 7.53. The molecule has 0 atom stereocenters. The number of aryl methyl sites for hydroxylation is 1. The summed E-state index contributed by atoms with van der Waals surface area (Å²) in [6.45, 7) is 2.69. The Morgan fingerprint density at radius 2 is 1.71 bits per heavy atom. The Bertz CT molecular complexity index is 1150. The van der Waals surface area contributed by atoms with Crippen LogP contribution in [0.5, 0.6) is 0 Å². The summed E-state index contributed by atoms with van der Waals surface area (Å²) in [5.74, 6) is -0.914. The molecule has 0 aliphatic rings. The summed E-state index contributed by atoms with van der Waals surface area (Å²) in [7, 11) is 0. The van der Waals surface area contributed by atoms with E-state index in [9.17, 15) is 4.79 Å². The first kappa shape index (κ1) is 17.7. The molecule has 0 amide bonds. The molecule has 28 heavy (non-hydrogen) atoms. The lowest BCUT2D eigenvalue weighted by molar-refractivity contribution is 0.0697. The van der Waals surface area contributed by atoms with Crippen molar-refractivity contribution < 1.29 is 9.90 Å². The molecule has 2 N–H and O–H groups in total. The molecule has 138 valence electrons. The molecule has 0 bridgehead atoms. The average molecular weight is 368 g/mol. The van der Waals surface area contributed by atoms with E-state index in [0.29, 0.717) is 12.1 Å². The number of rotatable bonds is 5. The van der Waals surface area contributed by atoms with E-state index in [2.05, 4.69) is 34.6 Å². The molecular weight excluding hydrogens is 348 g/mol. The van der Waals surface area contributed by atoms with Gasteiger partial charge in [-0.15, -0.1) is 0 Å². The van der Waals surface area contributed by atoms with Crippen LogP contribution in [0.25, 0.3) is 22.0 Å². The van der Waals surface area contributed by atoms with Crippen LogP contribution in [0.15, 0.2) is 78.9 Å². The first-order valence-electron chi connectivity index (χ1n) is 9.13. The van der Waals surface area contributed by atoms with Gasteiger partial charge in [0.2, 0.25) is 0 Å². The predicted molar refractivity (Wildman–Crippen MR) is 113 cm³/mol. The van der Waals surface area contributed by atoms with Crippen molar-refractivity contribution in [2.24, 2.45) is 0 Å². The maximum Gasteiger partial charge on any atom is 0.335 e. The Hall–Kier alpha value is -3.66. The molecule has 0 aliphatic carbocycles. The Morgan fingerprint density at radius 3 is 2.50 bits per heavy atom. The maximum atomic E-state index is 11.2. The highest BCUT2D eigenvalue weighted by molar-refractivity contribution is 5.91. The lowest BCUT2D eigenvalue weighted by Crippen LogP contribution is -2.01. The third-order valence-corrected chi connectivity index (χ3v) is 4.72. The van der Waals surface area contributed by atoms with Crippen LogP contribution < -0.4 is 5.32 Å². The fourth-order valence-corrected chi connectivity index (χ4v) is 3.30. The number of nitrogens with zero attached hydrogens (tertiary/aromatic N) is 1. The van der Waals surface area contributed by atoms with Gasteiger partial charge in [0, 0.05) is 23.3 Å². The number of carboxylic acids is 1. The number of hydrogen-bond donors (Lipinski definition) is 2. The molecule has 0 saturated heterocycles. The van der Waals surface area contributed by atoms with Crippen LogP contribution in [0.2, 0.25) is 0 Å². The summed E-state index contributed by atoms with van der Waals surface area (Å²) < 4.78 is 0. The highest BCUT2D eigenvalue weighted by Crippen LogP contribution is 2.25. The highest BCUT2D eigenvalue weighted by atomic mass is 16.4. The van der Waals surface area contributed by atoms with Crippen molar-refractivity contribution in [1.29, 1.82) is 0 Å². The maximum absolute atomic E-state index is 11.2. The van der Waals surface area contributed by atoms with Crippen molar-refractivity contribution in [3.63, 3.8) is 0 Å². The number of carboxylic acid groups (broad SMARTS) is 1. The Morgan fingerprint density at radius 1 is 0.929 bits per heavy atom. The number of aromatic nitrogens is 1. The largest absolute Gasteiger partial charge is 0.478 e. The number of hydrogen-bond acceptors (Lipinski definition) is 3. The minimum atomic E-state index is -0.914. The van der Waals surface area contributed by atoms with Gasteiger partial charge in [0.25, 0.3) is 0 Å². The van der Waals surface area contributed by atoms with Gasteiger partial charge in [-0.3, -0.25) is 4.98 Å². The summed E-state index contributed by atoms with van der Waals surface area (Å²) in [6.07, 6.45) is 0. The molecule has 1 aromatic heterocycles. The molecule has 0 aliphatic heterocycles. The quantitative estimate of drug-likeness (QED) is 0.487. The topological polar surface area (TPSA) is 62.2 Å². The number of anilines is 1. The van der Waals surface area contributed by atoms with E-state index >= 15 is 0 Å². The molecule has 3 aromatic carbocycles. The first-order valence-corrected chi connectivity index (χ1v) is 9.13. The van der Waals surface area contributed by atoms with E-state index in [1.165, 1.54) is 0 Å². The average Bonchev–Trinajstić information content (AvgIpc) is 2.72. The van der Waals surface area contributed by atoms with Crippen molar-refractivity contribution in [3.8, 4) is 11.1 Å². The van der Waals surface area contributed by atoms with Gasteiger partial charge in [-0.2, -0.15) is 0 Å². The van der Waals surface area contributed by atoms with Crippen LogP contribution >= 0.6 is 0 Å². The molecule has 4 aromatic rings. The minimum Gasteiger partial charge on any atom is -0.478 e. The van der Waals surface area contributed by atoms with Gasteiger partial charge < -0.3 is 10.4 Å². The zero-order valence-corrected chi connectivity index (χ0v) is 15.5. The van der Waals surface area contributed by atoms with Gasteiger partial charge in [0.05, 0.1) is 11.1 Å². The zero-order chi connectivity index (χ0) is 19.5. The smallest absolute Gasteiger partial charge is 0.335 e. The summed E-state index contributed by atoms with van der Waals surface area (Å²) >= 11 is 0. The second-order valence-electron chi connectivity index (χ2n) is 6.76. The summed E-state index contributed by atoms with van der Waals surface area (Å²) in [5, 5.41) is 13.8. The van der Waals surface area contributed by atoms with Crippen LogP contribution in [0.1, 0.15) is 21.6 Å². The van der Waals surface area contributed by atoms with Gasteiger partial charge in [0.1, 0.15) is 0 Å². The molecule has 0 radical (unpaired) electrons. The van der Waals surface area contributed by atoms with Gasteiger partial charge in [0.15, 0.2) is 0 Å². The lowest BCUT2D eigenvalue weighted by atomic mass is 10.0. The van der Waals surface area contributed by atoms with E-state index in [-0.39, 0.29) is 0 Å². The van der Waals surface area contributed by atoms with Gasteiger partial charge in [-0.1, -0.05) is 54.6 Å². The van der Waals surface area contributed by atoms with E-state index in [4.69, 9.17) is 5.11 Å². The number of aromatic carboxylic acids is 1. The van der Waals surface area contributed by atoms with Gasteiger partial charge in [-0.05, 0) is 47.9 Å². The number of fused-ring (bicyclic) bond motifs is 1. The second-order valence-corrected chi connectivity index (χ2v) is 6.76. The van der Waals surface area contributed by atoms with E-state index < -0.39 is 5.97 Å². The lowest BCUT2D eigenvalue weighted by Gasteiger charge is -2.11. The summed E-state index contributed by atoms with van der Waals surface area (Å²) in [5.41, 5.74) is 6.38. The van der Waals surface area contributed by atoms with Gasteiger partial charge in [-0.25, -0.2) is 4.79 Å². The van der Waals surface area contributed by atoms with Crippen LogP contribution in [0, 0.1) is 6.92 Å². The SMILES string of the molecule is Cc1cc(NCc2ccc(-c3cccc(C(=O)O)c3)cc2)c2ccccc2n1. The molecule has 4 nitrogen and oxygen atoms in total. The number of nitrogens with one attached hydrogen (secondary N) is 1. The van der Waals surface area contributed by atoms with Gasteiger partial charge >= 0.3 is 5.97 Å².